The van der Waals surface area contributed by atoms with E-state index < -0.39 is 32.5 Å². The first kappa shape index (κ1) is 87.4. The van der Waals surface area contributed by atoms with Gasteiger partial charge in [-0.25, -0.2) is 0 Å². The lowest BCUT2D eigenvalue weighted by molar-refractivity contribution is -0.870. The minimum atomic E-state index is -4.67. The molecule has 92 heavy (non-hydrogen) atoms. The maximum Gasteiger partial charge on any atom is 0.306 e. The van der Waals surface area contributed by atoms with Crippen LogP contribution in [0.5, 0.6) is 0 Å². The number of esters is 2. The molecule has 10 heteroatoms. The average molecular weight is 1290 g/mol. The highest BCUT2D eigenvalue weighted by Crippen LogP contribution is 2.38. The Labute approximate surface area is 566 Å². The molecule has 0 rings (SSSR count). The van der Waals surface area contributed by atoms with E-state index in [1.54, 1.807) is 0 Å². The maximum absolute atomic E-state index is 12.8. The molecule has 2 atom stereocenters. The molecule has 0 saturated carbocycles. The van der Waals surface area contributed by atoms with Gasteiger partial charge in [-0.3, -0.25) is 14.2 Å². The first-order chi connectivity index (χ1) is 45.0. The minimum Gasteiger partial charge on any atom is -0.756 e. The standard InChI is InChI=1S/C82H136NO8P/c1-6-8-10-12-14-16-18-20-22-24-26-28-30-32-34-35-36-37-38-39-40-41-42-43-44-45-46-47-49-50-52-54-56-58-60-62-64-66-68-70-72-74-81(84)88-78-80(79-90-92(86,87)89-77-76-83(3,4)5)91-82(85)75-73-71-69-67-65-63-61-59-57-55-53-51-48-33-31-29-27-25-23-21-19-17-15-13-11-9-7-2/h8-11,14-17,20-23,26-29,32-34,36-37,48,53,55,59,61,65,67,80H,6-7,12-13,18-19,24-25,30-31,35,38-47,49-52,54,56-58,60,62-64,66,68-79H2,1-5H3/b10-8-,11-9-,16-14-,17-15-,22-20-,23-21-,28-26-,29-27-,34-32-,37-36-,48-33-,55-53-,61-59-,67-65-. The second-order valence-corrected chi connectivity index (χ2v) is 26.6. The predicted molar refractivity (Wildman–Crippen MR) is 396 cm³/mol. The zero-order chi connectivity index (χ0) is 66.9. The van der Waals surface area contributed by atoms with Crippen LogP contribution in [0.15, 0.2) is 170 Å². The third kappa shape index (κ3) is 74.4. The van der Waals surface area contributed by atoms with Crippen LogP contribution in [-0.2, 0) is 32.7 Å². The highest BCUT2D eigenvalue weighted by atomic mass is 31.2. The number of allylic oxidation sites excluding steroid dienone is 28. The summed E-state index contributed by atoms with van der Waals surface area (Å²) in [5.41, 5.74) is 0. The van der Waals surface area contributed by atoms with E-state index in [0.717, 1.165) is 122 Å². The Morgan fingerprint density at radius 3 is 0.891 bits per heavy atom. The Morgan fingerprint density at radius 1 is 0.337 bits per heavy atom. The Hall–Kier alpha value is -4.63. The number of likely N-dealkylation sites (N-methyl/N-ethyl adjacent to an activating group) is 1. The molecule has 0 aromatic rings. The van der Waals surface area contributed by atoms with Crippen molar-refractivity contribution in [2.75, 3.05) is 47.5 Å². The van der Waals surface area contributed by atoms with E-state index in [1.165, 1.54) is 128 Å². The highest BCUT2D eigenvalue weighted by Gasteiger charge is 2.22. The van der Waals surface area contributed by atoms with Crippen LogP contribution in [0.4, 0.5) is 0 Å². The number of rotatable bonds is 66. The minimum absolute atomic E-state index is 0.0466. The van der Waals surface area contributed by atoms with Crippen LogP contribution in [0.25, 0.3) is 0 Å². The molecular formula is C82H136NO8P. The molecule has 0 bridgehead atoms. The van der Waals surface area contributed by atoms with Gasteiger partial charge in [-0.05, 0) is 128 Å². The van der Waals surface area contributed by atoms with Crippen LogP contribution in [-0.4, -0.2) is 70.0 Å². The first-order valence-electron chi connectivity index (χ1n) is 36.8. The van der Waals surface area contributed by atoms with Gasteiger partial charge < -0.3 is 27.9 Å². The molecule has 0 N–H and O–H groups in total. The van der Waals surface area contributed by atoms with Crippen LogP contribution < -0.4 is 4.89 Å². The predicted octanol–water partition coefficient (Wildman–Crippen LogP) is 23.9. The summed E-state index contributed by atoms with van der Waals surface area (Å²) in [7, 11) is 1.12. The molecule has 0 saturated heterocycles. The van der Waals surface area contributed by atoms with Gasteiger partial charge in [0.1, 0.15) is 19.8 Å². The van der Waals surface area contributed by atoms with Crippen LogP contribution in [0.1, 0.15) is 284 Å². The molecule has 0 aliphatic carbocycles. The Bertz CT molecular complexity index is 2160. The average Bonchev–Trinajstić information content (AvgIpc) is 2.14. The molecular weight excluding hydrogens is 1160 g/mol. The van der Waals surface area contributed by atoms with Crippen molar-refractivity contribution in [3.63, 3.8) is 0 Å². The molecule has 0 fully saturated rings. The third-order valence-electron chi connectivity index (χ3n) is 15.2. The van der Waals surface area contributed by atoms with Crippen LogP contribution in [0.2, 0.25) is 0 Å². The fourth-order valence-corrected chi connectivity index (χ4v) is 10.4. The molecule has 0 heterocycles. The zero-order valence-corrected chi connectivity index (χ0v) is 60.3. The lowest BCUT2D eigenvalue weighted by Gasteiger charge is -2.28. The second-order valence-electron chi connectivity index (χ2n) is 25.2. The lowest BCUT2D eigenvalue weighted by Crippen LogP contribution is -2.37. The Kier molecular flexibility index (Phi) is 67.1. The monoisotopic (exact) mass is 1290 g/mol. The molecule has 0 aromatic carbocycles. The van der Waals surface area contributed by atoms with Crippen molar-refractivity contribution >= 4 is 19.8 Å². The summed E-state index contributed by atoms with van der Waals surface area (Å²) >= 11 is 0. The topological polar surface area (TPSA) is 111 Å². The number of carbonyl (C=O) groups excluding carboxylic acids is 2. The number of nitrogens with zero attached hydrogens (tertiary/aromatic N) is 1. The number of phosphoric acid groups is 1. The van der Waals surface area contributed by atoms with Gasteiger partial charge in [-0.15, -0.1) is 0 Å². The van der Waals surface area contributed by atoms with Gasteiger partial charge in [-0.2, -0.15) is 0 Å². The summed E-state index contributed by atoms with van der Waals surface area (Å²) in [4.78, 5) is 38.1. The van der Waals surface area contributed by atoms with Gasteiger partial charge in [-0.1, -0.05) is 312 Å². The van der Waals surface area contributed by atoms with Gasteiger partial charge in [0.05, 0.1) is 27.7 Å². The Balaban J connectivity index is 4.05. The summed E-state index contributed by atoms with van der Waals surface area (Å²) in [5, 5.41) is 0. The van der Waals surface area contributed by atoms with Crippen LogP contribution in [0.3, 0.4) is 0 Å². The van der Waals surface area contributed by atoms with Crippen molar-refractivity contribution < 1.29 is 42.1 Å². The van der Waals surface area contributed by atoms with E-state index >= 15 is 0 Å². The smallest absolute Gasteiger partial charge is 0.306 e. The van der Waals surface area contributed by atoms with E-state index in [-0.39, 0.29) is 26.1 Å². The molecule has 0 spiro atoms. The summed E-state index contributed by atoms with van der Waals surface area (Å²) < 4.78 is 34.3. The van der Waals surface area contributed by atoms with Gasteiger partial charge in [0.15, 0.2) is 6.10 Å². The number of unbranched alkanes of at least 4 members (excludes halogenated alkanes) is 24. The molecule has 0 aliphatic rings. The number of carbonyl (C=O) groups is 2. The SMILES string of the molecule is CC/C=C\C/C=C\C/C=C\C/C=C\C/C=C\C/C=C\C/C=C\C/C=C\CCCCC(=O)OC(COC(=O)CCCCCCCCCCCCCCCCCCCCCCCC/C=C\C/C=C\C/C=C\C/C=C\C/C=C\C/C=C\CC)COP(=O)([O-])OCC[N+](C)(C)C. The van der Waals surface area contributed by atoms with Crippen molar-refractivity contribution in [1.82, 2.24) is 0 Å². The number of ether oxygens (including phenoxy) is 2. The maximum atomic E-state index is 12.8. The molecule has 2 unspecified atom stereocenters. The van der Waals surface area contributed by atoms with E-state index in [4.69, 9.17) is 18.5 Å². The van der Waals surface area contributed by atoms with E-state index in [0.29, 0.717) is 17.4 Å². The fraction of sp³-hybridized carbons (Fsp3) is 0.634. The van der Waals surface area contributed by atoms with E-state index in [9.17, 15) is 19.0 Å². The number of quaternary nitrogens is 1. The van der Waals surface area contributed by atoms with Crippen molar-refractivity contribution in [3.8, 4) is 0 Å². The van der Waals surface area contributed by atoms with Gasteiger partial charge >= 0.3 is 11.9 Å². The largest absolute Gasteiger partial charge is 0.756 e. The zero-order valence-electron chi connectivity index (χ0n) is 59.4. The van der Waals surface area contributed by atoms with Crippen molar-refractivity contribution in [2.24, 2.45) is 0 Å². The molecule has 9 nitrogen and oxygen atoms in total. The molecule has 0 aliphatic heterocycles. The van der Waals surface area contributed by atoms with Crippen molar-refractivity contribution in [3.05, 3.63) is 170 Å². The normalized spacial score (nSPS) is 14.1. The van der Waals surface area contributed by atoms with Gasteiger partial charge in [0.25, 0.3) is 7.82 Å². The summed E-state index contributed by atoms with van der Waals surface area (Å²) in [6.07, 6.45) is 107. The van der Waals surface area contributed by atoms with E-state index in [1.807, 2.05) is 21.1 Å². The van der Waals surface area contributed by atoms with Crippen molar-refractivity contribution in [1.29, 1.82) is 0 Å². The highest BCUT2D eigenvalue weighted by molar-refractivity contribution is 7.45. The van der Waals surface area contributed by atoms with Crippen LogP contribution >= 0.6 is 7.82 Å². The summed E-state index contributed by atoms with van der Waals surface area (Å²) in [6.45, 7) is 3.96. The number of hydrogen-bond donors (Lipinski definition) is 0. The third-order valence-corrected chi connectivity index (χ3v) is 16.2. The second kappa shape index (κ2) is 70.7. The summed E-state index contributed by atoms with van der Waals surface area (Å²) in [6, 6.07) is 0. The fourth-order valence-electron chi connectivity index (χ4n) is 9.68. The van der Waals surface area contributed by atoms with E-state index in [2.05, 4.69) is 184 Å². The van der Waals surface area contributed by atoms with Gasteiger partial charge in [0.2, 0.25) is 0 Å². The number of phosphoric ester groups is 1. The van der Waals surface area contributed by atoms with Gasteiger partial charge in [0, 0.05) is 12.8 Å². The summed E-state index contributed by atoms with van der Waals surface area (Å²) in [5.74, 6) is -0.887. The number of hydrogen-bond acceptors (Lipinski definition) is 8. The first-order valence-corrected chi connectivity index (χ1v) is 38.3. The quantitative estimate of drug-likeness (QED) is 0.0195. The van der Waals surface area contributed by atoms with Crippen molar-refractivity contribution in [2.45, 2.75) is 290 Å². The molecule has 522 valence electrons. The Morgan fingerprint density at radius 2 is 0.587 bits per heavy atom. The van der Waals surface area contributed by atoms with Crippen LogP contribution in [0, 0.1) is 0 Å². The lowest BCUT2D eigenvalue weighted by atomic mass is 10.0. The molecule has 0 amide bonds. The molecule has 0 radical (unpaired) electrons. The molecule has 0 aromatic heterocycles.